The molecular weight excluding hydrogens is 240 g/mol. The zero-order valence-electron chi connectivity index (χ0n) is 11.1. The zero-order valence-corrected chi connectivity index (χ0v) is 11.1. The van der Waals surface area contributed by atoms with Gasteiger partial charge in [0, 0.05) is 24.4 Å². The first-order valence-corrected chi connectivity index (χ1v) is 6.39. The van der Waals surface area contributed by atoms with Gasteiger partial charge in [0.2, 0.25) is 0 Å². The van der Waals surface area contributed by atoms with Crippen LogP contribution in [-0.4, -0.2) is 14.3 Å². The predicted molar refractivity (Wildman–Crippen MR) is 77.2 cm³/mol. The van der Waals surface area contributed by atoms with E-state index in [1.54, 1.807) is 9.25 Å². The van der Waals surface area contributed by atoms with E-state index in [0.717, 1.165) is 22.8 Å². The molecule has 0 aliphatic rings. The van der Waals surface area contributed by atoms with Crippen LogP contribution in [0.25, 0.3) is 21.8 Å². The van der Waals surface area contributed by atoms with Gasteiger partial charge in [-0.2, -0.15) is 5.10 Å². The Morgan fingerprint density at radius 2 is 1.95 bits per heavy atom. The maximum atomic E-state index is 12.6. The fourth-order valence-electron chi connectivity index (χ4n) is 2.66. The number of pyridine rings is 1. The average molecular weight is 256 g/mol. The van der Waals surface area contributed by atoms with Gasteiger partial charge in [-0.25, -0.2) is 4.68 Å². The topological polar surface area (TPSA) is 65.8 Å². The summed E-state index contributed by atoms with van der Waals surface area (Å²) in [7, 11) is 1.82. The van der Waals surface area contributed by atoms with Crippen LogP contribution >= 0.6 is 0 Å². The van der Waals surface area contributed by atoms with Crippen molar-refractivity contribution in [3.63, 3.8) is 0 Å². The second kappa shape index (κ2) is 4.12. The van der Waals surface area contributed by atoms with Crippen molar-refractivity contribution in [1.29, 1.82) is 0 Å². The quantitative estimate of drug-likeness (QED) is 0.761. The molecule has 0 saturated carbocycles. The SMILES string of the molecule is CCCn1c(=O)c2ccccc2c2c(N)nn(C)c21. The van der Waals surface area contributed by atoms with Gasteiger partial charge in [0.1, 0.15) is 5.65 Å². The molecule has 0 aliphatic heterocycles. The highest BCUT2D eigenvalue weighted by molar-refractivity contribution is 6.09. The van der Waals surface area contributed by atoms with Crippen molar-refractivity contribution in [2.75, 3.05) is 5.73 Å². The first kappa shape index (κ1) is 11.8. The summed E-state index contributed by atoms with van der Waals surface area (Å²) in [5.41, 5.74) is 6.83. The van der Waals surface area contributed by atoms with E-state index in [4.69, 9.17) is 5.73 Å². The Hall–Kier alpha value is -2.30. The Morgan fingerprint density at radius 3 is 2.63 bits per heavy atom. The first-order chi connectivity index (χ1) is 9.15. The molecule has 0 unspecified atom stereocenters. The molecule has 2 aromatic heterocycles. The molecule has 0 atom stereocenters. The Labute approximate surface area is 110 Å². The summed E-state index contributed by atoms with van der Waals surface area (Å²) in [6.45, 7) is 2.71. The summed E-state index contributed by atoms with van der Waals surface area (Å²) >= 11 is 0. The van der Waals surface area contributed by atoms with Gasteiger partial charge in [0.15, 0.2) is 5.82 Å². The van der Waals surface area contributed by atoms with Crippen LogP contribution in [0.4, 0.5) is 5.82 Å². The lowest BCUT2D eigenvalue weighted by molar-refractivity contribution is 0.650. The van der Waals surface area contributed by atoms with Crippen molar-refractivity contribution in [2.24, 2.45) is 7.05 Å². The lowest BCUT2D eigenvalue weighted by Crippen LogP contribution is -2.22. The molecule has 0 aliphatic carbocycles. The molecule has 5 heteroatoms. The summed E-state index contributed by atoms with van der Waals surface area (Å²) in [5.74, 6) is 0.471. The number of benzene rings is 1. The van der Waals surface area contributed by atoms with Crippen molar-refractivity contribution in [1.82, 2.24) is 14.3 Å². The van der Waals surface area contributed by atoms with Crippen molar-refractivity contribution >= 4 is 27.6 Å². The van der Waals surface area contributed by atoms with Gasteiger partial charge in [-0.3, -0.25) is 9.36 Å². The Morgan fingerprint density at radius 1 is 1.26 bits per heavy atom. The van der Waals surface area contributed by atoms with E-state index in [2.05, 4.69) is 5.10 Å². The highest BCUT2D eigenvalue weighted by Crippen LogP contribution is 2.27. The lowest BCUT2D eigenvalue weighted by Gasteiger charge is -2.10. The highest BCUT2D eigenvalue weighted by atomic mass is 16.1. The van der Waals surface area contributed by atoms with Crippen molar-refractivity contribution in [3.05, 3.63) is 34.6 Å². The third kappa shape index (κ3) is 1.54. The molecular formula is C14H16N4O. The molecule has 0 radical (unpaired) electrons. The van der Waals surface area contributed by atoms with Crippen molar-refractivity contribution in [3.8, 4) is 0 Å². The highest BCUT2D eigenvalue weighted by Gasteiger charge is 2.16. The standard InChI is InChI=1S/C14H16N4O/c1-3-8-18-13-11(12(15)16-17(13)2)9-6-4-5-7-10(9)14(18)19/h4-7H,3,8H2,1-2H3,(H2,15,16). The van der Waals surface area contributed by atoms with Gasteiger partial charge in [0.05, 0.1) is 5.39 Å². The van der Waals surface area contributed by atoms with Gasteiger partial charge in [-0.05, 0) is 12.5 Å². The largest absolute Gasteiger partial charge is 0.382 e. The Balaban J connectivity index is 2.64. The number of nitrogens with two attached hydrogens (primary N) is 1. The Kier molecular flexibility index (Phi) is 2.55. The average Bonchev–Trinajstić information content (AvgIpc) is 2.70. The number of anilines is 1. The van der Waals surface area contributed by atoms with Crippen LogP contribution in [0.3, 0.4) is 0 Å². The van der Waals surface area contributed by atoms with Crippen LogP contribution in [-0.2, 0) is 13.6 Å². The van der Waals surface area contributed by atoms with Crippen molar-refractivity contribution in [2.45, 2.75) is 19.9 Å². The molecule has 0 saturated heterocycles. The number of hydrogen-bond acceptors (Lipinski definition) is 3. The summed E-state index contributed by atoms with van der Waals surface area (Å²) in [6.07, 6.45) is 0.887. The summed E-state index contributed by atoms with van der Waals surface area (Å²) in [6, 6.07) is 7.55. The second-order valence-electron chi connectivity index (χ2n) is 4.71. The van der Waals surface area contributed by atoms with Crippen LogP contribution in [0.5, 0.6) is 0 Å². The van der Waals surface area contributed by atoms with E-state index in [1.807, 2.05) is 38.2 Å². The maximum absolute atomic E-state index is 12.6. The second-order valence-corrected chi connectivity index (χ2v) is 4.71. The molecule has 0 spiro atoms. The number of nitrogens with zero attached hydrogens (tertiary/aromatic N) is 3. The van der Waals surface area contributed by atoms with Gasteiger partial charge in [0.25, 0.3) is 5.56 Å². The fourth-order valence-corrected chi connectivity index (χ4v) is 2.66. The first-order valence-electron chi connectivity index (χ1n) is 6.39. The van der Waals surface area contributed by atoms with Crippen LogP contribution < -0.4 is 11.3 Å². The molecule has 3 aromatic rings. The van der Waals surface area contributed by atoms with E-state index in [9.17, 15) is 4.79 Å². The fraction of sp³-hybridized carbons (Fsp3) is 0.286. The molecule has 0 fully saturated rings. The molecule has 2 heterocycles. The molecule has 3 rings (SSSR count). The number of aryl methyl sites for hydroxylation is 2. The minimum absolute atomic E-state index is 0.0213. The molecule has 98 valence electrons. The van der Waals surface area contributed by atoms with E-state index in [0.29, 0.717) is 17.7 Å². The van der Waals surface area contributed by atoms with Crippen LogP contribution in [0.15, 0.2) is 29.1 Å². The molecule has 19 heavy (non-hydrogen) atoms. The minimum Gasteiger partial charge on any atom is -0.382 e. The van der Waals surface area contributed by atoms with Gasteiger partial charge in [-0.15, -0.1) is 0 Å². The number of hydrogen-bond donors (Lipinski definition) is 1. The Bertz CT molecular complexity index is 829. The normalized spacial score (nSPS) is 11.5. The number of nitrogen functional groups attached to an aromatic ring is 1. The summed E-state index contributed by atoms with van der Waals surface area (Å²) in [4.78, 5) is 12.6. The number of rotatable bonds is 2. The van der Waals surface area contributed by atoms with E-state index >= 15 is 0 Å². The molecule has 0 amide bonds. The van der Waals surface area contributed by atoms with Gasteiger partial charge < -0.3 is 5.73 Å². The molecule has 1 aromatic carbocycles. The van der Waals surface area contributed by atoms with Gasteiger partial charge >= 0.3 is 0 Å². The molecule has 5 nitrogen and oxygen atoms in total. The monoisotopic (exact) mass is 256 g/mol. The third-order valence-electron chi connectivity index (χ3n) is 3.42. The van der Waals surface area contributed by atoms with E-state index in [-0.39, 0.29) is 5.56 Å². The van der Waals surface area contributed by atoms with Crippen LogP contribution in [0.2, 0.25) is 0 Å². The molecule has 0 bridgehead atoms. The minimum atomic E-state index is 0.0213. The third-order valence-corrected chi connectivity index (χ3v) is 3.42. The number of aromatic nitrogens is 3. The lowest BCUT2D eigenvalue weighted by atomic mass is 10.1. The predicted octanol–water partition coefficient (Wildman–Crippen LogP) is 1.88. The van der Waals surface area contributed by atoms with Crippen molar-refractivity contribution < 1.29 is 0 Å². The van der Waals surface area contributed by atoms with E-state index in [1.165, 1.54) is 0 Å². The molecule has 2 N–H and O–H groups in total. The summed E-state index contributed by atoms with van der Waals surface area (Å²) in [5, 5.41) is 6.70. The maximum Gasteiger partial charge on any atom is 0.260 e. The van der Waals surface area contributed by atoms with E-state index < -0.39 is 0 Å². The van der Waals surface area contributed by atoms with Gasteiger partial charge in [-0.1, -0.05) is 25.1 Å². The van der Waals surface area contributed by atoms with Crippen LogP contribution in [0.1, 0.15) is 13.3 Å². The van der Waals surface area contributed by atoms with Crippen LogP contribution in [0, 0.1) is 0 Å². The smallest absolute Gasteiger partial charge is 0.260 e. The zero-order chi connectivity index (χ0) is 13.6. The summed E-state index contributed by atoms with van der Waals surface area (Å²) < 4.78 is 3.45. The number of fused-ring (bicyclic) bond motifs is 3.